The summed E-state index contributed by atoms with van der Waals surface area (Å²) < 4.78 is 4.97. The van der Waals surface area contributed by atoms with Crippen LogP contribution in [0.1, 0.15) is 26.2 Å². The van der Waals surface area contributed by atoms with Gasteiger partial charge in [-0.1, -0.05) is 0 Å². The number of rotatable bonds is 9. The Hall–Kier alpha value is -0.120. The molecule has 1 aliphatic carbocycles. The summed E-state index contributed by atoms with van der Waals surface area (Å²) in [7, 11) is 3.99. The van der Waals surface area contributed by atoms with E-state index in [1.165, 1.54) is 25.8 Å². The molecule has 0 bridgehead atoms. The predicted octanol–water partition coefficient (Wildman–Crippen LogP) is 1.34. The highest BCUT2D eigenvalue weighted by atomic mass is 16.5. The van der Waals surface area contributed by atoms with Gasteiger partial charge in [0, 0.05) is 19.7 Å². The summed E-state index contributed by atoms with van der Waals surface area (Å²) in [6, 6.07) is 0.781. The van der Waals surface area contributed by atoms with Crippen molar-refractivity contribution in [1.82, 2.24) is 10.2 Å². The van der Waals surface area contributed by atoms with Crippen molar-refractivity contribution < 1.29 is 4.74 Å². The summed E-state index contributed by atoms with van der Waals surface area (Å²) in [5, 5.41) is 3.37. The van der Waals surface area contributed by atoms with Gasteiger partial charge in [-0.15, -0.1) is 0 Å². The lowest BCUT2D eigenvalue weighted by Gasteiger charge is -2.24. The van der Waals surface area contributed by atoms with Crippen LogP contribution in [0.15, 0.2) is 0 Å². The molecule has 1 unspecified atom stereocenters. The van der Waals surface area contributed by atoms with E-state index in [0.717, 1.165) is 31.7 Å². The van der Waals surface area contributed by atoms with E-state index in [4.69, 9.17) is 4.74 Å². The quantitative estimate of drug-likeness (QED) is 0.586. The van der Waals surface area contributed by atoms with Gasteiger partial charge in [0.05, 0.1) is 6.61 Å². The van der Waals surface area contributed by atoms with E-state index in [1.807, 2.05) is 0 Å². The Bertz CT molecular complexity index is 160. The van der Waals surface area contributed by atoms with E-state index in [-0.39, 0.29) is 0 Å². The normalized spacial score (nSPS) is 18.4. The van der Waals surface area contributed by atoms with Crippen molar-refractivity contribution in [1.29, 1.82) is 0 Å². The third kappa shape index (κ3) is 5.50. The number of nitrogens with one attached hydrogen (secondary N) is 1. The highest BCUT2D eigenvalue weighted by Gasteiger charge is 2.29. The van der Waals surface area contributed by atoms with Crippen molar-refractivity contribution >= 4 is 0 Å². The maximum absolute atomic E-state index is 4.97. The van der Waals surface area contributed by atoms with Crippen LogP contribution in [0.4, 0.5) is 0 Å². The average molecular weight is 214 g/mol. The molecule has 15 heavy (non-hydrogen) atoms. The van der Waals surface area contributed by atoms with Crippen LogP contribution in [0.3, 0.4) is 0 Å². The van der Waals surface area contributed by atoms with Crippen LogP contribution in [0.5, 0.6) is 0 Å². The molecule has 0 aromatic heterocycles. The number of methoxy groups -OCH3 is 1. The Balaban J connectivity index is 1.89. The lowest BCUT2D eigenvalue weighted by atomic mass is 10.2. The standard InChI is InChI=1S/C12H26N2O/c1-11(12-5-6-12)14(2)9-4-7-13-8-10-15-3/h11-13H,4-10H2,1-3H3. The summed E-state index contributed by atoms with van der Waals surface area (Å²) in [5.74, 6) is 0.983. The smallest absolute Gasteiger partial charge is 0.0587 e. The van der Waals surface area contributed by atoms with Crippen LogP contribution >= 0.6 is 0 Å². The minimum absolute atomic E-state index is 0.781. The summed E-state index contributed by atoms with van der Waals surface area (Å²) in [4.78, 5) is 2.50. The van der Waals surface area contributed by atoms with Crippen LogP contribution in [-0.4, -0.2) is 51.3 Å². The monoisotopic (exact) mass is 214 g/mol. The lowest BCUT2D eigenvalue weighted by molar-refractivity contribution is 0.197. The summed E-state index contributed by atoms with van der Waals surface area (Å²) in [5.41, 5.74) is 0. The van der Waals surface area contributed by atoms with Crippen molar-refractivity contribution in [2.75, 3.05) is 40.4 Å². The first-order chi connectivity index (χ1) is 7.25. The molecule has 1 saturated carbocycles. The first-order valence-electron chi connectivity index (χ1n) is 6.15. The molecule has 0 saturated heterocycles. The molecule has 0 aromatic carbocycles. The lowest BCUT2D eigenvalue weighted by Crippen LogP contribution is -2.33. The van der Waals surface area contributed by atoms with Crippen molar-refractivity contribution in [3.05, 3.63) is 0 Å². The van der Waals surface area contributed by atoms with Crippen LogP contribution in [0, 0.1) is 5.92 Å². The fraction of sp³-hybridized carbons (Fsp3) is 1.00. The summed E-state index contributed by atoms with van der Waals surface area (Å²) in [6.07, 6.45) is 4.12. The molecule has 0 aliphatic heterocycles. The van der Waals surface area contributed by atoms with E-state index in [2.05, 4.69) is 24.2 Å². The average Bonchev–Trinajstić information content (AvgIpc) is 3.05. The third-order valence-electron chi connectivity index (χ3n) is 3.35. The molecule has 0 aromatic rings. The first-order valence-corrected chi connectivity index (χ1v) is 6.15. The molecule has 1 aliphatic rings. The molecule has 1 rings (SSSR count). The van der Waals surface area contributed by atoms with E-state index in [0.29, 0.717) is 0 Å². The Labute approximate surface area is 94.2 Å². The molecular formula is C12H26N2O. The number of ether oxygens (including phenoxy) is 1. The van der Waals surface area contributed by atoms with Gasteiger partial charge in [0.2, 0.25) is 0 Å². The molecular weight excluding hydrogens is 188 g/mol. The maximum Gasteiger partial charge on any atom is 0.0587 e. The molecule has 0 amide bonds. The zero-order valence-electron chi connectivity index (χ0n) is 10.5. The number of hydrogen-bond donors (Lipinski definition) is 1. The molecule has 1 fully saturated rings. The summed E-state index contributed by atoms with van der Waals surface area (Å²) >= 11 is 0. The second kappa shape index (κ2) is 7.20. The van der Waals surface area contributed by atoms with E-state index >= 15 is 0 Å². The van der Waals surface area contributed by atoms with Crippen LogP contribution < -0.4 is 5.32 Å². The fourth-order valence-corrected chi connectivity index (χ4v) is 1.89. The largest absolute Gasteiger partial charge is 0.383 e. The van der Waals surface area contributed by atoms with Gasteiger partial charge >= 0.3 is 0 Å². The van der Waals surface area contributed by atoms with Crippen molar-refractivity contribution in [3.8, 4) is 0 Å². The molecule has 1 N–H and O–H groups in total. The highest BCUT2D eigenvalue weighted by molar-refractivity contribution is 4.83. The maximum atomic E-state index is 4.97. The van der Waals surface area contributed by atoms with E-state index in [9.17, 15) is 0 Å². The second-order valence-corrected chi connectivity index (χ2v) is 4.65. The molecule has 1 atom stereocenters. The SMILES string of the molecule is COCCNCCCN(C)C(C)C1CC1. The molecule has 0 spiro atoms. The van der Waals surface area contributed by atoms with Crippen LogP contribution in [0.2, 0.25) is 0 Å². The Morgan fingerprint density at radius 2 is 2.13 bits per heavy atom. The van der Waals surface area contributed by atoms with Gasteiger partial charge in [0.25, 0.3) is 0 Å². The van der Waals surface area contributed by atoms with Gasteiger partial charge in [0.1, 0.15) is 0 Å². The van der Waals surface area contributed by atoms with Crippen molar-refractivity contribution in [3.63, 3.8) is 0 Å². The fourth-order valence-electron chi connectivity index (χ4n) is 1.89. The van der Waals surface area contributed by atoms with Crippen LogP contribution in [-0.2, 0) is 4.74 Å². The predicted molar refractivity (Wildman–Crippen MR) is 64.2 cm³/mol. The Kier molecular flexibility index (Phi) is 6.22. The van der Waals surface area contributed by atoms with Gasteiger partial charge in [-0.3, -0.25) is 0 Å². The van der Waals surface area contributed by atoms with Gasteiger partial charge < -0.3 is 15.0 Å². The summed E-state index contributed by atoms with van der Waals surface area (Å²) in [6.45, 7) is 6.45. The zero-order valence-corrected chi connectivity index (χ0v) is 10.5. The first kappa shape index (κ1) is 12.9. The minimum atomic E-state index is 0.781. The second-order valence-electron chi connectivity index (χ2n) is 4.65. The van der Waals surface area contributed by atoms with Crippen molar-refractivity contribution in [2.45, 2.75) is 32.2 Å². The Morgan fingerprint density at radius 1 is 1.40 bits per heavy atom. The van der Waals surface area contributed by atoms with Crippen LogP contribution in [0.25, 0.3) is 0 Å². The van der Waals surface area contributed by atoms with Crippen molar-refractivity contribution in [2.24, 2.45) is 5.92 Å². The van der Waals surface area contributed by atoms with Gasteiger partial charge in [0.15, 0.2) is 0 Å². The van der Waals surface area contributed by atoms with Gasteiger partial charge in [-0.2, -0.15) is 0 Å². The zero-order chi connectivity index (χ0) is 11.1. The van der Waals surface area contributed by atoms with Gasteiger partial charge in [-0.05, 0) is 52.2 Å². The highest BCUT2D eigenvalue weighted by Crippen LogP contribution is 2.34. The minimum Gasteiger partial charge on any atom is -0.383 e. The van der Waals surface area contributed by atoms with E-state index in [1.54, 1.807) is 7.11 Å². The third-order valence-corrected chi connectivity index (χ3v) is 3.35. The van der Waals surface area contributed by atoms with E-state index < -0.39 is 0 Å². The molecule has 0 radical (unpaired) electrons. The van der Waals surface area contributed by atoms with Gasteiger partial charge in [-0.25, -0.2) is 0 Å². The molecule has 3 heteroatoms. The molecule has 0 heterocycles. The number of hydrogen-bond acceptors (Lipinski definition) is 3. The topological polar surface area (TPSA) is 24.5 Å². The Morgan fingerprint density at radius 3 is 2.73 bits per heavy atom. The molecule has 3 nitrogen and oxygen atoms in total. The molecule has 90 valence electrons. The number of nitrogens with zero attached hydrogens (tertiary/aromatic N) is 1.